The maximum Gasteiger partial charge on any atom is 0.265 e. The summed E-state index contributed by atoms with van der Waals surface area (Å²) in [6.07, 6.45) is 2.87. The number of rotatable bonds is 9. The maximum absolute atomic E-state index is 13.8. The van der Waals surface area contributed by atoms with Gasteiger partial charge in [-0.2, -0.15) is 0 Å². The minimum atomic E-state index is -0.0998. The molecule has 3 aromatic carbocycles. The van der Waals surface area contributed by atoms with Crippen LogP contribution in [0.25, 0.3) is 6.08 Å². The maximum atomic E-state index is 13.8. The third-order valence-corrected chi connectivity index (χ3v) is 8.63. The minimum Gasteiger partial charge on any atom is -0.352 e. The first-order chi connectivity index (χ1) is 19.5. The number of hydrogen-bond acceptors (Lipinski definition) is 5. The Morgan fingerprint density at radius 3 is 2.48 bits per heavy atom. The average Bonchev–Trinajstić information content (AvgIpc) is 2.98. The summed E-state index contributed by atoms with van der Waals surface area (Å²) in [4.78, 5) is 35.3. The van der Waals surface area contributed by atoms with Gasteiger partial charge in [0.05, 0.1) is 17.1 Å². The number of amides is 2. The summed E-state index contributed by atoms with van der Waals surface area (Å²) >= 11 is 1.47. The SMILES string of the molecule is CCN1CCN(CCCNC(=O)c2ccc3c(c2)N(Cc2cccc(C)c2)C(=O)C(=Cc2ccccc2)S3)CC1. The number of benzene rings is 3. The molecule has 1 fully saturated rings. The van der Waals surface area contributed by atoms with Gasteiger partial charge < -0.3 is 20.0 Å². The first-order valence-electron chi connectivity index (χ1n) is 14.2. The summed E-state index contributed by atoms with van der Waals surface area (Å²) in [7, 11) is 0. The summed E-state index contributed by atoms with van der Waals surface area (Å²) in [5.41, 5.74) is 4.55. The van der Waals surface area contributed by atoms with Crippen LogP contribution in [0.4, 0.5) is 5.69 Å². The first kappa shape index (κ1) is 28.1. The summed E-state index contributed by atoms with van der Waals surface area (Å²) in [5, 5.41) is 3.09. The van der Waals surface area contributed by atoms with Crippen LogP contribution in [0.1, 0.15) is 40.4 Å². The van der Waals surface area contributed by atoms with Gasteiger partial charge in [0.1, 0.15) is 0 Å². The van der Waals surface area contributed by atoms with Crippen LogP contribution in [0, 0.1) is 6.92 Å². The van der Waals surface area contributed by atoms with Gasteiger partial charge in [-0.25, -0.2) is 0 Å². The zero-order valence-electron chi connectivity index (χ0n) is 23.4. The van der Waals surface area contributed by atoms with Crippen LogP contribution in [0.5, 0.6) is 0 Å². The number of carbonyl (C=O) groups is 2. The van der Waals surface area contributed by atoms with Crippen LogP contribution >= 0.6 is 11.8 Å². The highest BCUT2D eigenvalue weighted by Gasteiger charge is 2.30. The Bertz CT molecular complexity index is 1370. The van der Waals surface area contributed by atoms with Crippen molar-refractivity contribution in [3.8, 4) is 0 Å². The molecule has 0 aromatic heterocycles. The van der Waals surface area contributed by atoms with Crippen molar-refractivity contribution in [1.82, 2.24) is 15.1 Å². The molecule has 1 saturated heterocycles. The smallest absolute Gasteiger partial charge is 0.265 e. The predicted molar refractivity (Wildman–Crippen MR) is 165 cm³/mol. The average molecular weight is 555 g/mol. The van der Waals surface area contributed by atoms with E-state index >= 15 is 0 Å². The van der Waals surface area contributed by atoms with E-state index in [0.29, 0.717) is 23.6 Å². The van der Waals surface area contributed by atoms with Gasteiger partial charge in [-0.05, 0) is 61.8 Å². The summed E-state index contributed by atoms with van der Waals surface area (Å²) in [5.74, 6) is -0.152. The lowest BCUT2D eigenvalue weighted by atomic mass is 10.1. The predicted octanol–water partition coefficient (Wildman–Crippen LogP) is 5.43. The van der Waals surface area contributed by atoms with Crippen LogP contribution in [-0.4, -0.2) is 67.4 Å². The van der Waals surface area contributed by atoms with Crippen LogP contribution < -0.4 is 10.2 Å². The fraction of sp³-hybridized carbons (Fsp3) is 0.333. The largest absolute Gasteiger partial charge is 0.352 e. The van der Waals surface area contributed by atoms with Crippen molar-refractivity contribution in [1.29, 1.82) is 0 Å². The quantitative estimate of drug-likeness (QED) is 0.282. The number of aryl methyl sites for hydroxylation is 1. The van der Waals surface area contributed by atoms with E-state index in [0.717, 1.165) is 73.0 Å². The number of nitrogens with zero attached hydrogens (tertiary/aromatic N) is 3. The third-order valence-electron chi connectivity index (χ3n) is 7.56. The Labute approximate surface area is 242 Å². The topological polar surface area (TPSA) is 55.9 Å². The lowest BCUT2D eigenvalue weighted by molar-refractivity contribution is -0.114. The molecule has 0 atom stereocenters. The fourth-order valence-corrected chi connectivity index (χ4v) is 6.28. The molecular weight excluding hydrogens is 516 g/mol. The van der Waals surface area contributed by atoms with E-state index in [-0.39, 0.29) is 11.8 Å². The number of fused-ring (bicyclic) bond motifs is 1. The van der Waals surface area contributed by atoms with Crippen LogP contribution in [0.3, 0.4) is 0 Å². The van der Waals surface area contributed by atoms with Gasteiger partial charge in [0, 0.05) is 43.2 Å². The van der Waals surface area contributed by atoms with Gasteiger partial charge in [-0.1, -0.05) is 78.8 Å². The van der Waals surface area contributed by atoms with Gasteiger partial charge >= 0.3 is 0 Å². The standard InChI is InChI=1S/C33H38N4O2S/c1-3-35-17-19-36(20-18-35)16-8-15-34-32(38)28-13-14-30-29(23-28)37(24-27-12-7-9-25(2)21-27)33(39)31(40-30)22-26-10-5-4-6-11-26/h4-7,9-14,21-23H,3,8,15-20,24H2,1-2H3,(H,34,38). The van der Waals surface area contributed by atoms with Crippen LogP contribution in [0.15, 0.2) is 82.6 Å². The van der Waals surface area contributed by atoms with Gasteiger partial charge in [0.2, 0.25) is 0 Å². The second-order valence-electron chi connectivity index (χ2n) is 10.5. The third kappa shape index (κ3) is 7.02. The van der Waals surface area contributed by atoms with E-state index in [2.05, 4.69) is 41.1 Å². The van der Waals surface area contributed by atoms with E-state index in [1.165, 1.54) is 11.8 Å². The minimum absolute atomic E-state index is 0.0522. The number of carbonyl (C=O) groups excluding carboxylic acids is 2. The van der Waals surface area contributed by atoms with Gasteiger partial charge in [-0.3, -0.25) is 9.59 Å². The highest BCUT2D eigenvalue weighted by molar-refractivity contribution is 8.04. The number of likely N-dealkylation sites (N-methyl/N-ethyl adjacent to an activating group) is 1. The first-order valence-corrected chi connectivity index (χ1v) is 15.0. The number of piperazine rings is 1. The molecule has 0 radical (unpaired) electrons. The molecular formula is C33H38N4O2S. The molecule has 6 nitrogen and oxygen atoms in total. The van der Waals surface area contributed by atoms with Crippen molar-refractivity contribution < 1.29 is 9.59 Å². The zero-order chi connectivity index (χ0) is 27.9. The lowest BCUT2D eigenvalue weighted by Crippen LogP contribution is -2.46. The summed E-state index contributed by atoms with van der Waals surface area (Å²) in [6, 6.07) is 23.8. The van der Waals surface area contributed by atoms with Gasteiger partial charge in [-0.15, -0.1) is 0 Å². The van der Waals surface area contributed by atoms with Crippen molar-refractivity contribution in [3.05, 3.63) is 100.0 Å². The normalized spacial score (nSPS) is 17.2. The Morgan fingerprint density at radius 1 is 0.950 bits per heavy atom. The number of anilines is 1. The van der Waals surface area contributed by atoms with Gasteiger partial charge in [0.25, 0.3) is 11.8 Å². The van der Waals surface area contributed by atoms with Crippen LogP contribution in [0.2, 0.25) is 0 Å². The molecule has 0 bridgehead atoms. The highest BCUT2D eigenvalue weighted by Crippen LogP contribution is 2.43. The zero-order valence-corrected chi connectivity index (χ0v) is 24.3. The highest BCUT2D eigenvalue weighted by atomic mass is 32.2. The Balaban J connectivity index is 1.30. The molecule has 7 heteroatoms. The monoisotopic (exact) mass is 554 g/mol. The molecule has 3 aromatic rings. The lowest BCUT2D eigenvalue weighted by Gasteiger charge is -2.34. The van der Waals surface area contributed by atoms with E-state index in [1.54, 1.807) is 0 Å². The Hall–Kier alpha value is -3.39. The Kier molecular flexibility index (Phi) is 9.37. The molecule has 0 saturated carbocycles. The fourth-order valence-electron chi connectivity index (χ4n) is 5.24. The van der Waals surface area contributed by atoms with E-state index < -0.39 is 0 Å². The number of nitrogens with one attached hydrogen (secondary N) is 1. The molecule has 5 rings (SSSR count). The molecule has 2 aliphatic rings. The van der Waals surface area contributed by atoms with Crippen molar-refractivity contribution >= 4 is 35.3 Å². The van der Waals surface area contributed by atoms with Crippen LogP contribution in [-0.2, 0) is 11.3 Å². The van der Waals surface area contributed by atoms with Gasteiger partial charge in [0.15, 0.2) is 0 Å². The molecule has 0 spiro atoms. The van der Waals surface area contributed by atoms with E-state index in [9.17, 15) is 9.59 Å². The molecule has 40 heavy (non-hydrogen) atoms. The molecule has 208 valence electrons. The molecule has 1 N–H and O–H groups in total. The number of hydrogen-bond donors (Lipinski definition) is 1. The summed E-state index contributed by atoms with van der Waals surface area (Å²) < 4.78 is 0. The molecule has 2 amide bonds. The van der Waals surface area contributed by atoms with Crippen molar-refractivity contribution in [2.75, 3.05) is 50.7 Å². The van der Waals surface area contributed by atoms with Crippen molar-refractivity contribution in [2.24, 2.45) is 0 Å². The Morgan fingerprint density at radius 2 is 1.73 bits per heavy atom. The number of thioether (sulfide) groups is 1. The molecule has 0 aliphatic carbocycles. The molecule has 2 aliphatic heterocycles. The molecule has 0 unspecified atom stereocenters. The van der Waals surface area contributed by atoms with Crippen molar-refractivity contribution in [2.45, 2.75) is 31.7 Å². The second kappa shape index (κ2) is 13.3. The summed E-state index contributed by atoms with van der Waals surface area (Å²) in [6.45, 7) is 11.9. The molecule has 2 heterocycles. The van der Waals surface area contributed by atoms with Crippen molar-refractivity contribution in [3.63, 3.8) is 0 Å². The van der Waals surface area contributed by atoms with E-state index in [4.69, 9.17) is 0 Å². The second-order valence-corrected chi connectivity index (χ2v) is 11.6. The van der Waals surface area contributed by atoms with E-state index in [1.807, 2.05) is 71.6 Å².